The van der Waals surface area contributed by atoms with Gasteiger partial charge in [0.25, 0.3) is 0 Å². The van der Waals surface area contributed by atoms with Gasteiger partial charge in [-0.3, -0.25) is 4.90 Å². The van der Waals surface area contributed by atoms with Gasteiger partial charge in [-0.15, -0.1) is 0 Å². The van der Waals surface area contributed by atoms with Crippen molar-refractivity contribution in [3.8, 4) is 0 Å². The summed E-state index contributed by atoms with van der Waals surface area (Å²) < 4.78 is 13.3. The molecule has 1 fully saturated rings. The predicted octanol–water partition coefficient (Wildman–Crippen LogP) is 2.06. The number of rotatable bonds is 5. The molecule has 1 aromatic rings. The monoisotopic (exact) mass is 292 g/mol. The Morgan fingerprint density at radius 1 is 1.29 bits per heavy atom. The first-order valence-corrected chi connectivity index (χ1v) is 7.22. The molecule has 1 saturated heterocycles. The summed E-state index contributed by atoms with van der Waals surface area (Å²) in [6, 6.07) is 4.55. The molecule has 0 aromatic heterocycles. The fraction of sp³-hybridized carbons (Fsp3) is 0.438. The summed E-state index contributed by atoms with van der Waals surface area (Å²) in [4.78, 5) is 15.3. The van der Waals surface area contributed by atoms with Gasteiger partial charge >= 0.3 is 5.97 Å². The molecule has 0 bridgehead atoms. The second-order valence-electron chi connectivity index (χ2n) is 5.23. The Balaban J connectivity index is 2.07. The SMILES string of the molecule is CCN1CCN(Cc2ccc(F)cc2C=CC(=O)O)CC1. The van der Waals surface area contributed by atoms with Crippen LogP contribution < -0.4 is 0 Å². The van der Waals surface area contributed by atoms with Gasteiger partial charge < -0.3 is 10.0 Å². The van der Waals surface area contributed by atoms with Gasteiger partial charge in [0, 0.05) is 38.8 Å². The van der Waals surface area contributed by atoms with Gasteiger partial charge in [0.1, 0.15) is 5.82 Å². The Morgan fingerprint density at radius 3 is 2.57 bits per heavy atom. The van der Waals surface area contributed by atoms with Crippen molar-refractivity contribution in [2.24, 2.45) is 0 Å². The highest BCUT2D eigenvalue weighted by molar-refractivity contribution is 5.85. The second kappa shape index (κ2) is 7.33. The third kappa shape index (κ3) is 4.65. The van der Waals surface area contributed by atoms with Crippen molar-refractivity contribution in [1.29, 1.82) is 0 Å². The number of carbonyl (C=O) groups is 1. The van der Waals surface area contributed by atoms with Gasteiger partial charge in [0.15, 0.2) is 0 Å². The Labute approximate surface area is 124 Å². The molecule has 0 radical (unpaired) electrons. The van der Waals surface area contributed by atoms with E-state index in [1.807, 2.05) is 0 Å². The zero-order chi connectivity index (χ0) is 15.2. The van der Waals surface area contributed by atoms with Gasteiger partial charge in [0.2, 0.25) is 0 Å². The Hall–Kier alpha value is -1.72. The highest BCUT2D eigenvalue weighted by atomic mass is 19.1. The summed E-state index contributed by atoms with van der Waals surface area (Å²) in [5.74, 6) is -1.37. The van der Waals surface area contributed by atoms with Crippen molar-refractivity contribution in [1.82, 2.24) is 9.80 Å². The first-order chi connectivity index (χ1) is 10.1. The number of piperazine rings is 1. The van der Waals surface area contributed by atoms with E-state index in [0.29, 0.717) is 5.56 Å². The highest BCUT2D eigenvalue weighted by Crippen LogP contribution is 2.16. The molecule has 2 rings (SSSR count). The average Bonchev–Trinajstić information content (AvgIpc) is 2.48. The molecule has 1 heterocycles. The third-order valence-corrected chi connectivity index (χ3v) is 3.82. The molecule has 4 nitrogen and oxygen atoms in total. The molecule has 0 amide bonds. The quantitative estimate of drug-likeness (QED) is 0.844. The van der Waals surface area contributed by atoms with E-state index in [4.69, 9.17) is 5.11 Å². The van der Waals surface area contributed by atoms with Crippen LogP contribution in [-0.2, 0) is 11.3 Å². The van der Waals surface area contributed by atoms with Gasteiger partial charge in [-0.25, -0.2) is 9.18 Å². The lowest BCUT2D eigenvalue weighted by Crippen LogP contribution is -2.45. The van der Waals surface area contributed by atoms with E-state index in [0.717, 1.165) is 50.9 Å². The molecule has 5 heteroatoms. The Morgan fingerprint density at radius 2 is 1.95 bits per heavy atom. The average molecular weight is 292 g/mol. The molecular formula is C16H21FN2O2. The number of carboxylic acids is 1. The minimum atomic E-state index is -1.03. The third-order valence-electron chi connectivity index (χ3n) is 3.82. The molecule has 1 aromatic carbocycles. The summed E-state index contributed by atoms with van der Waals surface area (Å²) >= 11 is 0. The second-order valence-corrected chi connectivity index (χ2v) is 5.23. The molecule has 0 aliphatic carbocycles. The maximum absolute atomic E-state index is 13.3. The van der Waals surface area contributed by atoms with Gasteiger partial charge in [-0.05, 0) is 35.9 Å². The molecule has 1 aliphatic heterocycles. The van der Waals surface area contributed by atoms with Crippen molar-refractivity contribution in [2.75, 3.05) is 32.7 Å². The Kier molecular flexibility index (Phi) is 5.47. The number of likely N-dealkylation sites (N-methyl/N-ethyl adjacent to an activating group) is 1. The fourth-order valence-electron chi connectivity index (χ4n) is 2.53. The number of aliphatic carboxylic acids is 1. The van der Waals surface area contributed by atoms with Crippen LogP contribution in [0.15, 0.2) is 24.3 Å². The van der Waals surface area contributed by atoms with Crippen LogP contribution in [0.1, 0.15) is 18.1 Å². The molecule has 1 N–H and O–H groups in total. The standard InChI is InChI=1S/C16H21FN2O2/c1-2-18-7-9-19(10-8-18)12-14-3-5-15(17)11-13(14)4-6-16(20)21/h3-6,11H,2,7-10,12H2,1H3,(H,20,21). The van der Waals surface area contributed by atoms with Crippen LogP contribution in [0.25, 0.3) is 6.08 Å². The molecule has 0 unspecified atom stereocenters. The lowest BCUT2D eigenvalue weighted by molar-refractivity contribution is -0.131. The topological polar surface area (TPSA) is 43.8 Å². The van der Waals surface area contributed by atoms with Crippen molar-refractivity contribution < 1.29 is 14.3 Å². The maximum atomic E-state index is 13.3. The fourth-order valence-corrected chi connectivity index (χ4v) is 2.53. The van der Waals surface area contributed by atoms with Crippen LogP contribution in [0.5, 0.6) is 0 Å². The van der Waals surface area contributed by atoms with E-state index in [1.165, 1.54) is 18.2 Å². The normalized spacial score (nSPS) is 17.4. The van der Waals surface area contributed by atoms with Crippen molar-refractivity contribution in [3.63, 3.8) is 0 Å². The van der Waals surface area contributed by atoms with Crippen LogP contribution in [0.2, 0.25) is 0 Å². The minimum Gasteiger partial charge on any atom is -0.478 e. The number of hydrogen-bond acceptors (Lipinski definition) is 3. The van der Waals surface area contributed by atoms with Crippen LogP contribution in [-0.4, -0.2) is 53.6 Å². The molecule has 114 valence electrons. The number of benzene rings is 1. The van der Waals surface area contributed by atoms with Crippen LogP contribution in [0, 0.1) is 5.82 Å². The summed E-state index contributed by atoms with van der Waals surface area (Å²) in [6.45, 7) is 7.98. The number of hydrogen-bond donors (Lipinski definition) is 1. The maximum Gasteiger partial charge on any atom is 0.328 e. The molecule has 21 heavy (non-hydrogen) atoms. The van der Waals surface area contributed by atoms with Crippen molar-refractivity contribution in [3.05, 3.63) is 41.2 Å². The molecule has 0 spiro atoms. The van der Waals surface area contributed by atoms with E-state index in [2.05, 4.69) is 16.7 Å². The summed E-state index contributed by atoms with van der Waals surface area (Å²) in [5, 5.41) is 8.72. The molecule has 1 aliphatic rings. The van der Waals surface area contributed by atoms with E-state index in [-0.39, 0.29) is 5.82 Å². The lowest BCUT2D eigenvalue weighted by Gasteiger charge is -2.34. The summed E-state index contributed by atoms with van der Waals surface area (Å²) in [7, 11) is 0. The van der Waals surface area contributed by atoms with E-state index < -0.39 is 5.97 Å². The molecular weight excluding hydrogens is 271 g/mol. The molecule has 0 saturated carbocycles. The van der Waals surface area contributed by atoms with Gasteiger partial charge in [0.05, 0.1) is 0 Å². The first kappa shape index (κ1) is 15.7. The van der Waals surface area contributed by atoms with Crippen LogP contribution >= 0.6 is 0 Å². The summed E-state index contributed by atoms with van der Waals surface area (Å²) in [6.07, 6.45) is 2.51. The largest absolute Gasteiger partial charge is 0.478 e. The number of halogens is 1. The van der Waals surface area contributed by atoms with Gasteiger partial charge in [-0.2, -0.15) is 0 Å². The Bertz CT molecular complexity index is 523. The number of carboxylic acid groups (broad SMARTS) is 1. The smallest absolute Gasteiger partial charge is 0.328 e. The number of nitrogens with zero attached hydrogens (tertiary/aromatic N) is 2. The van der Waals surface area contributed by atoms with Crippen molar-refractivity contribution in [2.45, 2.75) is 13.5 Å². The molecule has 0 atom stereocenters. The van der Waals surface area contributed by atoms with Gasteiger partial charge in [-0.1, -0.05) is 13.0 Å². The zero-order valence-electron chi connectivity index (χ0n) is 12.3. The van der Waals surface area contributed by atoms with Crippen LogP contribution in [0.4, 0.5) is 4.39 Å². The first-order valence-electron chi connectivity index (χ1n) is 7.22. The van der Waals surface area contributed by atoms with Crippen LogP contribution in [0.3, 0.4) is 0 Å². The predicted molar refractivity (Wildman–Crippen MR) is 80.5 cm³/mol. The lowest BCUT2D eigenvalue weighted by atomic mass is 10.1. The highest BCUT2D eigenvalue weighted by Gasteiger charge is 2.16. The van der Waals surface area contributed by atoms with E-state index in [1.54, 1.807) is 6.07 Å². The van der Waals surface area contributed by atoms with E-state index >= 15 is 0 Å². The summed E-state index contributed by atoms with van der Waals surface area (Å²) in [5.41, 5.74) is 1.59. The zero-order valence-corrected chi connectivity index (χ0v) is 12.3. The van der Waals surface area contributed by atoms with E-state index in [9.17, 15) is 9.18 Å². The van der Waals surface area contributed by atoms with Crippen molar-refractivity contribution >= 4 is 12.0 Å². The minimum absolute atomic E-state index is 0.348.